The standard InChI is InChI=1S/C11H12Cl2N2/c1-2-7(6-14)11(15)8-3-4-9(12)10(13)5-8/h3-5,7,11H,2,15H2,1H3. The second kappa shape index (κ2) is 5.37. The summed E-state index contributed by atoms with van der Waals surface area (Å²) in [6, 6.07) is 7.09. The van der Waals surface area contributed by atoms with E-state index in [-0.39, 0.29) is 12.0 Å². The summed E-state index contributed by atoms with van der Waals surface area (Å²) in [4.78, 5) is 0. The number of hydrogen-bond acceptors (Lipinski definition) is 2. The molecule has 0 aromatic heterocycles. The Morgan fingerprint density at radius 3 is 2.53 bits per heavy atom. The van der Waals surface area contributed by atoms with Crippen LogP contribution in [0.2, 0.25) is 10.0 Å². The van der Waals surface area contributed by atoms with E-state index in [2.05, 4.69) is 6.07 Å². The van der Waals surface area contributed by atoms with Crippen LogP contribution in [0.15, 0.2) is 18.2 Å². The Balaban J connectivity index is 2.97. The number of nitrogens with two attached hydrogens (primary N) is 1. The van der Waals surface area contributed by atoms with E-state index >= 15 is 0 Å². The van der Waals surface area contributed by atoms with Crippen molar-refractivity contribution < 1.29 is 0 Å². The van der Waals surface area contributed by atoms with Crippen LogP contribution in [0, 0.1) is 17.2 Å². The van der Waals surface area contributed by atoms with Gasteiger partial charge >= 0.3 is 0 Å². The predicted molar refractivity (Wildman–Crippen MR) is 62.8 cm³/mol. The molecule has 0 heterocycles. The van der Waals surface area contributed by atoms with Crippen LogP contribution >= 0.6 is 23.2 Å². The van der Waals surface area contributed by atoms with Gasteiger partial charge in [-0.15, -0.1) is 0 Å². The lowest BCUT2D eigenvalue weighted by Crippen LogP contribution is -2.19. The maximum atomic E-state index is 8.89. The highest BCUT2D eigenvalue weighted by Gasteiger charge is 2.17. The Morgan fingerprint density at radius 1 is 1.40 bits per heavy atom. The quantitative estimate of drug-likeness (QED) is 0.882. The number of benzene rings is 1. The highest BCUT2D eigenvalue weighted by molar-refractivity contribution is 6.42. The molecule has 2 atom stereocenters. The second-order valence-corrected chi connectivity index (χ2v) is 4.16. The molecule has 0 aliphatic carbocycles. The molecule has 1 rings (SSSR count). The zero-order valence-electron chi connectivity index (χ0n) is 8.37. The van der Waals surface area contributed by atoms with Crippen molar-refractivity contribution in [2.45, 2.75) is 19.4 Å². The van der Waals surface area contributed by atoms with E-state index in [0.29, 0.717) is 10.0 Å². The minimum atomic E-state index is -0.310. The number of nitriles is 1. The van der Waals surface area contributed by atoms with Crippen molar-refractivity contribution in [1.82, 2.24) is 0 Å². The van der Waals surface area contributed by atoms with Crippen LogP contribution < -0.4 is 5.73 Å². The molecule has 0 aliphatic rings. The molecule has 2 nitrogen and oxygen atoms in total. The number of nitrogens with zero attached hydrogens (tertiary/aromatic N) is 1. The lowest BCUT2D eigenvalue weighted by atomic mass is 9.93. The third kappa shape index (κ3) is 2.85. The van der Waals surface area contributed by atoms with Crippen molar-refractivity contribution in [3.05, 3.63) is 33.8 Å². The van der Waals surface area contributed by atoms with Crippen LogP contribution in [-0.4, -0.2) is 0 Å². The minimum absolute atomic E-state index is 0.192. The molecule has 0 bridgehead atoms. The van der Waals surface area contributed by atoms with Crippen molar-refractivity contribution in [3.63, 3.8) is 0 Å². The monoisotopic (exact) mass is 242 g/mol. The summed E-state index contributed by atoms with van der Waals surface area (Å²) in [5, 5.41) is 9.86. The zero-order valence-corrected chi connectivity index (χ0v) is 9.89. The Morgan fingerprint density at radius 2 is 2.07 bits per heavy atom. The molecule has 0 fully saturated rings. The molecular weight excluding hydrogens is 231 g/mol. The maximum absolute atomic E-state index is 8.89. The van der Waals surface area contributed by atoms with Gasteiger partial charge in [0.2, 0.25) is 0 Å². The van der Waals surface area contributed by atoms with Gasteiger partial charge in [0.1, 0.15) is 0 Å². The fraction of sp³-hybridized carbons (Fsp3) is 0.364. The van der Waals surface area contributed by atoms with Crippen molar-refractivity contribution in [3.8, 4) is 6.07 Å². The summed E-state index contributed by atoms with van der Waals surface area (Å²) >= 11 is 11.7. The van der Waals surface area contributed by atoms with Crippen LogP contribution in [0.1, 0.15) is 24.9 Å². The molecule has 1 aromatic rings. The van der Waals surface area contributed by atoms with Crippen molar-refractivity contribution in [1.29, 1.82) is 5.26 Å². The van der Waals surface area contributed by atoms with Crippen LogP contribution in [0.4, 0.5) is 0 Å². The first-order valence-corrected chi connectivity index (χ1v) is 5.45. The molecule has 1 aromatic carbocycles. The first kappa shape index (κ1) is 12.3. The third-order valence-corrected chi connectivity index (χ3v) is 3.11. The van der Waals surface area contributed by atoms with Crippen LogP contribution in [0.5, 0.6) is 0 Å². The molecule has 80 valence electrons. The lowest BCUT2D eigenvalue weighted by Gasteiger charge is -2.16. The van der Waals surface area contributed by atoms with E-state index in [4.69, 9.17) is 34.2 Å². The van der Waals surface area contributed by atoms with Gasteiger partial charge in [0.25, 0.3) is 0 Å². The minimum Gasteiger partial charge on any atom is -0.323 e. The van der Waals surface area contributed by atoms with Crippen molar-refractivity contribution in [2.24, 2.45) is 11.7 Å². The predicted octanol–water partition coefficient (Wildman–Crippen LogP) is 3.54. The lowest BCUT2D eigenvalue weighted by molar-refractivity contribution is 0.518. The molecule has 4 heteroatoms. The van der Waals surface area contributed by atoms with Gasteiger partial charge in [0.15, 0.2) is 0 Å². The van der Waals surface area contributed by atoms with Gasteiger partial charge in [-0.1, -0.05) is 36.2 Å². The molecule has 15 heavy (non-hydrogen) atoms. The fourth-order valence-corrected chi connectivity index (χ4v) is 1.68. The summed E-state index contributed by atoms with van der Waals surface area (Å²) in [5.41, 5.74) is 6.80. The van der Waals surface area contributed by atoms with E-state index in [1.165, 1.54) is 0 Å². The van der Waals surface area contributed by atoms with Crippen LogP contribution in [0.3, 0.4) is 0 Å². The van der Waals surface area contributed by atoms with E-state index in [1.54, 1.807) is 18.2 Å². The molecular formula is C11H12Cl2N2. The van der Waals surface area contributed by atoms with Crippen molar-refractivity contribution in [2.75, 3.05) is 0 Å². The third-order valence-electron chi connectivity index (χ3n) is 2.37. The van der Waals surface area contributed by atoms with Gasteiger partial charge < -0.3 is 5.73 Å². The average Bonchev–Trinajstić information content (AvgIpc) is 2.23. The smallest absolute Gasteiger partial charge is 0.0675 e. The van der Waals surface area contributed by atoms with Gasteiger partial charge in [-0.2, -0.15) is 5.26 Å². The van der Waals surface area contributed by atoms with Gasteiger partial charge in [-0.25, -0.2) is 0 Å². The van der Waals surface area contributed by atoms with E-state index in [9.17, 15) is 0 Å². The van der Waals surface area contributed by atoms with Crippen molar-refractivity contribution >= 4 is 23.2 Å². The molecule has 0 spiro atoms. The molecule has 0 radical (unpaired) electrons. The first-order chi connectivity index (χ1) is 7.10. The van der Waals surface area contributed by atoms with E-state index in [0.717, 1.165) is 12.0 Å². The largest absolute Gasteiger partial charge is 0.323 e. The summed E-state index contributed by atoms with van der Waals surface area (Å²) in [6.45, 7) is 1.94. The summed E-state index contributed by atoms with van der Waals surface area (Å²) in [7, 11) is 0. The molecule has 2 unspecified atom stereocenters. The summed E-state index contributed by atoms with van der Waals surface area (Å²) in [5.74, 6) is -0.192. The Bertz CT molecular complexity index is 385. The van der Waals surface area contributed by atoms with Gasteiger partial charge in [0.05, 0.1) is 22.0 Å². The Hall–Kier alpha value is -0.750. The van der Waals surface area contributed by atoms with E-state index < -0.39 is 0 Å². The molecule has 2 N–H and O–H groups in total. The summed E-state index contributed by atoms with van der Waals surface area (Å²) in [6.07, 6.45) is 0.720. The Labute approximate surface area is 99.6 Å². The normalized spacial score (nSPS) is 14.3. The number of hydrogen-bond donors (Lipinski definition) is 1. The molecule has 0 aliphatic heterocycles. The van der Waals surface area contributed by atoms with Crippen LogP contribution in [0.25, 0.3) is 0 Å². The van der Waals surface area contributed by atoms with E-state index in [1.807, 2.05) is 6.92 Å². The first-order valence-electron chi connectivity index (χ1n) is 4.70. The molecule has 0 amide bonds. The van der Waals surface area contributed by atoms with Crippen LogP contribution in [-0.2, 0) is 0 Å². The number of halogens is 2. The topological polar surface area (TPSA) is 49.8 Å². The average molecular weight is 243 g/mol. The van der Waals surface area contributed by atoms with Gasteiger partial charge in [-0.3, -0.25) is 0 Å². The highest BCUT2D eigenvalue weighted by Crippen LogP contribution is 2.28. The highest BCUT2D eigenvalue weighted by atomic mass is 35.5. The number of rotatable bonds is 3. The molecule has 0 saturated heterocycles. The SMILES string of the molecule is CCC(C#N)C(N)c1ccc(Cl)c(Cl)c1. The maximum Gasteiger partial charge on any atom is 0.0675 e. The Kier molecular flexibility index (Phi) is 4.41. The zero-order chi connectivity index (χ0) is 11.4. The van der Waals surface area contributed by atoms with Gasteiger partial charge in [-0.05, 0) is 24.1 Å². The summed E-state index contributed by atoms with van der Waals surface area (Å²) < 4.78 is 0. The molecule has 0 saturated carbocycles. The second-order valence-electron chi connectivity index (χ2n) is 3.34. The van der Waals surface area contributed by atoms with Gasteiger partial charge in [0, 0.05) is 6.04 Å². The fourth-order valence-electron chi connectivity index (χ4n) is 1.38.